The van der Waals surface area contributed by atoms with Crippen LogP contribution in [0.4, 0.5) is 9.59 Å². The quantitative estimate of drug-likeness (QED) is 0.0340. The molecular formula is C44H90O8Sn2. The van der Waals surface area contributed by atoms with Gasteiger partial charge in [0, 0.05) is 0 Å². The summed E-state index contributed by atoms with van der Waals surface area (Å²) in [5.41, 5.74) is 0. The number of unbranched alkanes of at least 4 members (excludes halogenated alkanes) is 24. The molecule has 0 fully saturated rings. The molecule has 0 N–H and O–H groups in total. The molecule has 0 rings (SSSR count). The molecule has 0 saturated heterocycles. The van der Waals surface area contributed by atoms with Gasteiger partial charge in [-0.2, -0.15) is 0 Å². The van der Waals surface area contributed by atoms with Crippen LogP contribution >= 0.6 is 0 Å². The van der Waals surface area contributed by atoms with E-state index in [4.69, 9.17) is 20.1 Å². The zero-order chi connectivity index (χ0) is 39.9. The second kappa shape index (κ2) is 39.9. The Morgan fingerprint density at radius 2 is 0.667 bits per heavy atom. The molecule has 0 aromatic carbocycles. The average molecular weight is 985 g/mol. The molecule has 0 radical (unpaired) electrons. The van der Waals surface area contributed by atoms with Crippen molar-refractivity contribution in [1.29, 1.82) is 0 Å². The van der Waals surface area contributed by atoms with Gasteiger partial charge < -0.3 is 0 Å². The summed E-state index contributed by atoms with van der Waals surface area (Å²) in [7, 11) is 0. The van der Waals surface area contributed by atoms with E-state index in [9.17, 15) is 9.59 Å². The van der Waals surface area contributed by atoms with E-state index in [1.165, 1.54) is 57.8 Å². The Balaban J connectivity index is 6.69. The number of ether oxygens (including phenoxy) is 2. The van der Waals surface area contributed by atoms with Gasteiger partial charge in [-0.3, -0.25) is 0 Å². The Kier molecular flexibility index (Phi) is 39.9. The van der Waals surface area contributed by atoms with Crippen LogP contribution in [0.2, 0.25) is 13.3 Å². The molecule has 10 heteroatoms. The molecule has 0 bridgehead atoms. The van der Waals surface area contributed by atoms with Crippen molar-refractivity contribution in [2.45, 2.75) is 247 Å². The van der Waals surface area contributed by atoms with Gasteiger partial charge in [-0.05, 0) is 0 Å². The minimum absolute atomic E-state index is 0.332. The summed E-state index contributed by atoms with van der Waals surface area (Å²) >= 11 is -9.09. The van der Waals surface area contributed by atoms with Crippen LogP contribution in [0.5, 0.6) is 0 Å². The van der Waals surface area contributed by atoms with E-state index < -0.39 is 51.1 Å². The van der Waals surface area contributed by atoms with E-state index in [0.29, 0.717) is 24.3 Å². The first-order valence-corrected chi connectivity index (χ1v) is 35.3. The van der Waals surface area contributed by atoms with Crippen LogP contribution in [0, 0.1) is 0 Å². The van der Waals surface area contributed by atoms with Crippen LogP contribution in [0.3, 0.4) is 0 Å². The van der Waals surface area contributed by atoms with Crippen molar-refractivity contribution in [3.05, 3.63) is 0 Å². The average Bonchev–Trinajstić information content (AvgIpc) is 3.15. The van der Waals surface area contributed by atoms with Gasteiger partial charge in [0.15, 0.2) is 0 Å². The summed E-state index contributed by atoms with van der Waals surface area (Å²) in [6.45, 7) is 14.5. The van der Waals surface area contributed by atoms with Crippen LogP contribution in [-0.4, -0.2) is 71.0 Å². The Bertz CT molecular complexity index is 816. The Morgan fingerprint density at radius 3 is 1.07 bits per heavy atom. The number of hydrogen-bond donors (Lipinski definition) is 0. The zero-order valence-electron chi connectivity index (χ0n) is 36.7. The molecule has 0 aliphatic heterocycles. The van der Waals surface area contributed by atoms with E-state index in [1.54, 1.807) is 0 Å². The molecule has 1 unspecified atom stereocenters. The molecule has 0 saturated carbocycles. The van der Waals surface area contributed by atoms with Crippen molar-refractivity contribution in [1.82, 2.24) is 0 Å². The van der Waals surface area contributed by atoms with Gasteiger partial charge in [0.05, 0.1) is 0 Å². The van der Waals surface area contributed by atoms with Crippen molar-refractivity contribution < 1.29 is 29.7 Å². The van der Waals surface area contributed by atoms with Crippen LogP contribution < -0.4 is 0 Å². The topological polar surface area (TPSA) is 89.5 Å². The Labute approximate surface area is 345 Å². The van der Waals surface area contributed by atoms with Crippen LogP contribution in [0.15, 0.2) is 0 Å². The van der Waals surface area contributed by atoms with Gasteiger partial charge in [0.25, 0.3) is 0 Å². The zero-order valence-corrected chi connectivity index (χ0v) is 42.4. The molecule has 8 nitrogen and oxygen atoms in total. The van der Waals surface area contributed by atoms with Crippen LogP contribution in [-0.2, 0) is 20.1 Å². The first kappa shape index (κ1) is 54.1. The molecular weight excluding hydrogens is 894 g/mol. The van der Waals surface area contributed by atoms with Crippen molar-refractivity contribution in [3.8, 4) is 0 Å². The van der Waals surface area contributed by atoms with E-state index >= 15 is 0 Å². The Morgan fingerprint density at radius 1 is 0.352 bits per heavy atom. The predicted molar refractivity (Wildman–Crippen MR) is 230 cm³/mol. The molecule has 0 aromatic rings. The standard InChI is InChI=1S/3C8H17.2C7H14O3.C6H13O.O.2Sn/c3*1-3-5-7-8-6-4-2;2*1-2-3-4-5-6-10-7(8)9;1-2-3-4-5-6-7;;;/h3*1,3-8H2,2H3;2*2-6H2,1H3,(H,8,9);2-6H2,1H3;;;/q;;;;;-1;;+1;+2/p-2. The maximum atomic E-state index is 13.6. The van der Waals surface area contributed by atoms with Crippen molar-refractivity contribution in [2.24, 2.45) is 0 Å². The third-order valence-electron chi connectivity index (χ3n) is 10.3. The maximum absolute atomic E-state index is 13.6. The second-order valence-electron chi connectivity index (χ2n) is 15.7. The van der Waals surface area contributed by atoms with Gasteiger partial charge in [-0.1, -0.05) is 0 Å². The van der Waals surface area contributed by atoms with Gasteiger partial charge in [-0.25, -0.2) is 0 Å². The molecule has 0 heterocycles. The third-order valence-corrected chi connectivity index (χ3v) is 39.2. The van der Waals surface area contributed by atoms with Crippen LogP contribution in [0.1, 0.15) is 234 Å². The van der Waals surface area contributed by atoms with E-state index in [2.05, 4.69) is 41.5 Å². The molecule has 0 aliphatic rings. The SMILES string of the molecule is CCCCCCC[CH2][Sn]([CH2]CCCCCCC)([O]C(=O)OCCCCCC)[O][Sn]([CH2]CCCCCCC)([O]CCCCCC)[O]C(=O)OCCCCCC. The monoisotopic (exact) mass is 986 g/mol. The first-order valence-electron chi connectivity index (χ1n) is 23.4. The number of hydrogen-bond acceptors (Lipinski definition) is 8. The summed E-state index contributed by atoms with van der Waals surface area (Å²) in [4.78, 5) is 27.2. The first-order chi connectivity index (χ1) is 26.4. The number of carbonyl (C=O) groups is 2. The fourth-order valence-corrected chi connectivity index (χ4v) is 41.0. The molecule has 0 aromatic heterocycles. The fraction of sp³-hybridized carbons (Fsp3) is 0.955. The summed E-state index contributed by atoms with van der Waals surface area (Å²) in [5, 5.41) is 0. The van der Waals surface area contributed by atoms with E-state index in [1.807, 2.05) is 0 Å². The van der Waals surface area contributed by atoms with Gasteiger partial charge in [0.1, 0.15) is 0 Å². The fourth-order valence-electron chi connectivity index (χ4n) is 6.82. The number of rotatable bonds is 41. The summed E-state index contributed by atoms with van der Waals surface area (Å²) in [6.07, 6.45) is 31.5. The molecule has 322 valence electrons. The summed E-state index contributed by atoms with van der Waals surface area (Å²) < 4.78 is 41.1. The normalized spacial score (nSPS) is 12.8. The van der Waals surface area contributed by atoms with Gasteiger partial charge in [0.2, 0.25) is 0 Å². The summed E-state index contributed by atoms with van der Waals surface area (Å²) in [6, 6.07) is 0. The van der Waals surface area contributed by atoms with E-state index in [-0.39, 0.29) is 0 Å². The molecule has 0 amide bonds. The predicted octanol–water partition coefficient (Wildman–Crippen LogP) is 15.5. The summed E-state index contributed by atoms with van der Waals surface area (Å²) in [5.74, 6) is 0. The van der Waals surface area contributed by atoms with Crippen molar-refractivity contribution in [3.63, 3.8) is 0 Å². The van der Waals surface area contributed by atoms with E-state index in [0.717, 1.165) is 144 Å². The second-order valence-corrected chi connectivity index (χ2v) is 35.5. The van der Waals surface area contributed by atoms with Gasteiger partial charge in [-0.15, -0.1) is 0 Å². The van der Waals surface area contributed by atoms with Gasteiger partial charge >= 0.3 is 348 Å². The Hall–Kier alpha value is 0.0574. The van der Waals surface area contributed by atoms with Crippen LogP contribution in [0.25, 0.3) is 0 Å². The number of carbonyl (C=O) groups excluding carboxylic acids is 2. The molecule has 0 aliphatic carbocycles. The third kappa shape index (κ3) is 32.1. The molecule has 1 atom stereocenters. The van der Waals surface area contributed by atoms with Crippen molar-refractivity contribution >= 4 is 51.1 Å². The molecule has 54 heavy (non-hydrogen) atoms. The molecule has 0 spiro atoms. The minimum atomic E-state index is -4.73. The van der Waals surface area contributed by atoms with Crippen molar-refractivity contribution in [2.75, 3.05) is 19.8 Å².